The van der Waals surface area contributed by atoms with Crippen LogP contribution < -0.4 is 5.32 Å². The molecular formula is C12H7NO3S3. The number of nitrogens with one attached hydrogen (secondary N) is 1. The molecule has 1 N–H and O–H groups in total. The lowest BCUT2D eigenvalue weighted by Gasteiger charge is -2.14. The number of thiocarbonyl (C=S) groups is 1. The van der Waals surface area contributed by atoms with Crippen molar-refractivity contribution in [1.82, 2.24) is 5.32 Å². The third-order valence-corrected chi connectivity index (χ3v) is 5.47. The highest BCUT2D eigenvalue weighted by atomic mass is 32.2. The Morgan fingerprint density at radius 2 is 1.95 bits per heavy atom. The van der Waals surface area contributed by atoms with Crippen LogP contribution in [0.2, 0.25) is 0 Å². The summed E-state index contributed by atoms with van der Waals surface area (Å²) >= 11 is 6.09. The molecule has 1 aromatic carbocycles. The molecule has 1 saturated heterocycles. The number of carbonyl (C=O) groups is 1. The summed E-state index contributed by atoms with van der Waals surface area (Å²) < 4.78 is 24.3. The molecule has 19 heavy (non-hydrogen) atoms. The Bertz CT molecular complexity index is 775. The summed E-state index contributed by atoms with van der Waals surface area (Å²) in [5, 5.41) is 3.65. The zero-order valence-corrected chi connectivity index (χ0v) is 11.9. The second-order valence-corrected chi connectivity index (χ2v) is 7.42. The molecule has 0 aromatic heterocycles. The van der Waals surface area contributed by atoms with Crippen molar-refractivity contribution in [3.63, 3.8) is 0 Å². The minimum atomic E-state index is -3.42. The molecule has 0 spiro atoms. The summed E-state index contributed by atoms with van der Waals surface area (Å²) in [6.45, 7) is 0. The van der Waals surface area contributed by atoms with Crippen molar-refractivity contribution in [1.29, 1.82) is 0 Å². The lowest BCUT2D eigenvalue weighted by Crippen LogP contribution is -2.18. The van der Waals surface area contributed by atoms with E-state index in [2.05, 4.69) is 5.32 Å². The number of thioether (sulfide) groups is 1. The van der Waals surface area contributed by atoms with Gasteiger partial charge in [-0.1, -0.05) is 42.2 Å². The molecule has 0 atom stereocenters. The van der Waals surface area contributed by atoms with Crippen LogP contribution in [0.3, 0.4) is 0 Å². The largest absolute Gasteiger partial charge is 0.307 e. The summed E-state index contributed by atoms with van der Waals surface area (Å²) in [4.78, 5) is 12.4. The molecule has 96 valence electrons. The van der Waals surface area contributed by atoms with E-state index in [-0.39, 0.29) is 10.8 Å². The topological polar surface area (TPSA) is 63.2 Å². The Balaban J connectivity index is 2.30. The molecule has 0 unspecified atom stereocenters. The van der Waals surface area contributed by atoms with Crippen LogP contribution in [0.15, 0.2) is 45.6 Å². The maximum absolute atomic E-state index is 11.9. The zero-order chi connectivity index (χ0) is 13.6. The molecule has 2 aliphatic heterocycles. The summed E-state index contributed by atoms with van der Waals surface area (Å²) in [7, 11) is -3.42. The van der Waals surface area contributed by atoms with E-state index in [9.17, 15) is 13.2 Å². The Labute approximate surface area is 119 Å². The third-order valence-electron chi connectivity index (χ3n) is 2.76. The van der Waals surface area contributed by atoms with Crippen molar-refractivity contribution in [2.24, 2.45) is 0 Å². The van der Waals surface area contributed by atoms with Gasteiger partial charge in [0.2, 0.25) is 0 Å². The summed E-state index contributed by atoms with van der Waals surface area (Å²) in [5.74, 6) is -0.288. The molecule has 1 aromatic rings. The molecule has 1 fully saturated rings. The minimum absolute atomic E-state index is 0.214. The summed E-state index contributed by atoms with van der Waals surface area (Å²) in [6, 6.07) is 6.62. The van der Waals surface area contributed by atoms with Crippen molar-refractivity contribution >= 4 is 49.6 Å². The minimum Gasteiger partial charge on any atom is -0.307 e. The van der Waals surface area contributed by atoms with Gasteiger partial charge in [0.15, 0.2) is 9.84 Å². The Kier molecular flexibility index (Phi) is 2.84. The molecule has 3 rings (SSSR count). The van der Waals surface area contributed by atoms with Gasteiger partial charge in [-0.3, -0.25) is 4.79 Å². The zero-order valence-electron chi connectivity index (χ0n) is 9.41. The fraction of sp³-hybridized carbons (Fsp3) is 0. The fourth-order valence-electron chi connectivity index (χ4n) is 1.95. The molecule has 0 bridgehead atoms. The second-order valence-electron chi connectivity index (χ2n) is 3.93. The van der Waals surface area contributed by atoms with E-state index in [4.69, 9.17) is 12.2 Å². The van der Waals surface area contributed by atoms with E-state index >= 15 is 0 Å². The second kappa shape index (κ2) is 4.29. The summed E-state index contributed by atoms with van der Waals surface area (Å²) in [5.41, 5.74) is 1.13. The van der Waals surface area contributed by atoms with Gasteiger partial charge in [0.05, 0.1) is 9.80 Å². The first-order valence-corrected chi connectivity index (χ1v) is 8.06. The first-order valence-electron chi connectivity index (χ1n) is 5.29. The van der Waals surface area contributed by atoms with Crippen LogP contribution in [0.5, 0.6) is 0 Å². The number of amides is 1. The number of carbonyl (C=O) groups excluding carboxylic acids is 1. The van der Waals surface area contributed by atoms with E-state index in [0.717, 1.165) is 17.2 Å². The monoisotopic (exact) mass is 309 g/mol. The lowest BCUT2D eigenvalue weighted by molar-refractivity contribution is -0.115. The molecule has 2 aliphatic rings. The van der Waals surface area contributed by atoms with E-state index in [1.807, 2.05) is 0 Å². The van der Waals surface area contributed by atoms with Gasteiger partial charge in [-0.05, 0) is 12.1 Å². The van der Waals surface area contributed by atoms with E-state index in [1.54, 1.807) is 18.2 Å². The van der Waals surface area contributed by atoms with E-state index < -0.39 is 9.84 Å². The molecular weight excluding hydrogens is 302 g/mol. The molecule has 0 saturated carbocycles. The Morgan fingerprint density at radius 1 is 1.21 bits per heavy atom. The van der Waals surface area contributed by atoms with Gasteiger partial charge in [0.25, 0.3) is 5.91 Å². The quantitative estimate of drug-likeness (QED) is 0.585. The number of benzene rings is 1. The number of sulfone groups is 1. The predicted octanol–water partition coefficient (Wildman–Crippen LogP) is 1.85. The Morgan fingerprint density at radius 3 is 2.63 bits per heavy atom. The highest BCUT2D eigenvalue weighted by Gasteiger charge is 2.30. The third kappa shape index (κ3) is 2.03. The number of fused-ring (bicyclic) bond motifs is 1. The molecule has 7 heteroatoms. The number of hydrogen-bond donors (Lipinski definition) is 1. The lowest BCUT2D eigenvalue weighted by atomic mass is 10.0. The van der Waals surface area contributed by atoms with E-state index in [1.165, 1.54) is 12.1 Å². The van der Waals surface area contributed by atoms with Crippen molar-refractivity contribution in [3.8, 4) is 0 Å². The van der Waals surface area contributed by atoms with Crippen molar-refractivity contribution in [3.05, 3.63) is 46.2 Å². The standard InChI is InChI=1S/C12H7NO3S3/c14-11-10(18-12(17)13-11)8-5-6-19(15,16)9-4-2-1-3-7(8)9/h1-6H,(H,13,14,17)/b10-8+. The normalized spacial score (nSPS) is 24.2. The number of rotatable bonds is 0. The average Bonchev–Trinajstić information content (AvgIpc) is 2.69. The predicted molar refractivity (Wildman–Crippen MR) is 78.0 cm³/mol. The smallest absolute Gasteiger partial charge is 0.264 e. The molecule has 0 radical (unpaired) electrons. The number of allylic oxidation sites excluding steroid dienone is 2. The van der Waals surface area contributed by atoms with Crippen LogP contribution in [-0.2, 0) is 14.6 Å². The SMILES string of the molecule is O=C1NC(=S)S/C1=C1\C=CS(=O)(=O)c2ccccc21. The maximum atomic E-state index is 11.9. The van der Waals surface area contributed by atoms with Crippen molar-refractivity contribution in [2.75, 3.05) is 0 Å². The van der Waals surface area contributed by atoms with Gasteiger partial charge >= 0.3 is 0 Å². The Hall–Kier alpha value is -1.44. The summed E-state index contributed by atoms with van der Waals surface area (Å²) in [6.07, 6.45) is 1.45. The van der Waals surface area contributed by atoms with Gasteiger partial charge < -0.3 is 5.32 Å². The van der Waals surface area contributed by atoms with Crippen LogP contribution >= 0.6 is 24.0 Å². The van der Waals surface area contributed by atoms with Gasteiger partial charge in [-0.25, -0.2) is 8.42 Å². The van der Waals surface area contributed by atoms with E-state index in [0.29, 0.717) is 20.4 Å². The van der Waals surface area contributed by atoms with Crippen LogP contribution in [-0.4, -0.2) is 18.6 Å². The van der Waals surface area contributed by atoms with Crippen LogP contribution in [0.1, 0.15) is 5.56 Å². The fourth-order valence-corrected chi connectivity index (χ4v) is 4.27. The average molecular weight is 309 g/mol. The van der Waals surface area contributed by atoms with Gasteiger partial charge in [-0.15, -0.1) is 0 Å². The maximum Gasteiger partial charge on any atom is 0.264 e. The van der Waals surface area contributed by atoms with Crippen molar-refractivity contribution < 1.29 is 13.2 Å². The van der Waals surface area contributed by atoms with Gasteiger partial charge in [-0.2, -0.15) is 0 Å². The number of hydrogen-bond acceptors (Lipinski definition) is 5. The van der Waals surface area contributed by atoms with Gasteiger partial charge in [0, 0.05) is 16.5 Å². The van der Waals surface area contributed by atoms with Crippen molar-refractivity contribution in [2.45, 2.75) is 4.90 Å². The van der Waals surface area contributed by atoms with Crippen LogP contribution in [0, 0.1) is 0 Å². The highest BCUT2D eigenvalue weighted by molar-refractivity contribution is 8.26. The van der Waals surface area contributed by atoms with Crippen LogP contribution in [0.4, 0.5) is 0 Å². The molecule has 0 aliphatic carbocycles. The van der Waals surface area contributed by atoms with Crippen LogP contribution in [0.25, 0.3) is 5.57 Å². The molecule has 4 nitrogen and oxygen atoms in total. The highest BCUT2D eigenvalue weighted by Crippen LogP contribution is 2.38. The molecule has 1 amide bonds. The first kappa shape index (κ1) is 12.6. The molecule has 2 heterocycles. The first-order chi connectivity index (χ1) is 8.99. The van der Waals surface area contributed by atoms with Gasteiger partial charge in [0.1, 0.15) is 4.32 Å².